The van der Waals surface area contributed by atoms with E-state index >= 15 is 0 Å². The molecule has 1 heterocycles. The van der Waals surface area contributed by atoms with Crippen molar-refractivity contribution >= 4 is 29.2 Å². The monoisotopic (exact) mass is 347 g/mol. The second-order valence-electron chi connectivity index (χ2n) is 6.08. The van der Waals surface area contributed by atoms with Crippen LogP contribution >= 0.6 is 0 Å². The molecule has 2 rings (SSSR count). The molecule has 2 N–H and O–H groups in total. The number of rotatable bonds is 6. The second kappa shape index (κ2) is 9.05. The Labute approximate surface area is 147 Å². The minimum absolute atomic E-state index is 0.0251. The third-order valence-electron chi connectivity index (χ3n) is 3.94. The van der Waals surface area contributed by atoms with Crippen molar-refractivity contribution < 1.29 is 19.1 Å². The topological polar surface area (TPSA) is 87.7 Å². The van der Waals surface area contributed by atoms with Gasteiger partial charge in [0.2, 0.25) is 0 Å². The molecule has 25 heavy (non-hydrogen) atoms. The summed E-state index contributed by atoms with van der Waals surface area (Å²) in [4.78, 5) is 37.6. The summed E-state index contributed by atoms with van der Waals surface area (Å²) >= 11 is 0. The van der Waals surface area contributed by atoms with E-state index in [1.54, 1.807) is 19.9 Å². The molecule has 1 aliphatic rings. The first kappa shape index (κ1) is 18.8. The van der Waals surface area contributed by atoms with Crippen molar-refractivity contribution in [3.05, 3.63) is 24.3 Å². The van der Waals surface area contributed by atoms with Gasteiger partial charge < -0.3 is 20.3 Å². The van der Waals surface area contributed by atoms with Crippen LogP contribution in [0.25, 0.3) is 0 Å². The molecule has 0 unspecified atom stereocenters. The standard InChI is InChI=1S/C18H25N3O4/c1-3-25-16(22)11-13(2)19-17(23)18(24)20-14-7-6-8-15(12-14)21-9-4-5-10-21/h6-8,12-13H,3-5,9-11H2,1-2H3,(H,19,23)(H,20,24)/t13-/m0/s1. The van der Waals surface area contributed by atoms with E-state index in [1.165, 1.54) is 0 Å². The molecule has 7 heteroatoms. The van der Waals surface area contributed by atoms with E-state index in [0.717, 1.165) is 31.6 Å². The largest absolute Gasteiger partial charge is 0.466 e. The summed E-state index contributed by atoms with van der Waals surface area (Å²) in [6.07, 6.45) is 2.35. The fourth-order valence-corrected chi connectivity index (χ4v) is 2.75. The Morgan fingerprint density at radius 1 is 1.20 bits per heavy atom. The lowest BCUT2D eigenvalue weighted by Gasteiger charge is -2.18. The van der Waals surface area contributed by atoms with Crippen LogP contribution < -0.4 is 15.5 Å². The lowest BCUT2D eigenvalue weighted by Crippen LogP contribution is -2.41. The van der Waals surface area contributed by atoms with Gasteiger partial charge in [0.15, 0.2) is 0 Å². The quantitative estimate of drug-likeness (QED) is 0.604. The van der Waals surface area contributed by atoms with E-state index in [2.05, 4.69) is 15.5 Å². The van der Waals surface area contributed by atoms with Crippen molar-refractivity contribution in [2.75, 3.05) is 29.9 Å². The summed E-state index contributed by atoms with van der Waals surface area (Å²) in [7, 11) is 0. The lowest BCUT2D eigenvalue weighted by atomic mass is 10.2. The van der Waals surface area contributed by atoms with E-state index < -0.39 is 23.8 Å². The van der Waals surface area contributed by atoms with Crippen molar-refractivity contribution in [2.45, 2.75) is 39.2 Å². The smallest absolute Gasteiger partial charge is 0.313 e. The summed E-state index contributed by atoms with van der Waals surface area (Å²) in [5.41, 5.74) is 1.61. The molecule has 7 nitrogen and oxygen atoms in total. The van der Waals surface area contributed by atoms with Crippen LogP contribution in [0, 0.1) is 0 Å². The number of esters is 1. The number of ether oxygens (including phenoxy) is 1. The summed E-state index contributed by atoms with van der Waals surface area (Å²) in [6.45, 7) is 5.65. The van der Waals surface area contributed by atoms with Gasteiger partial charge in [0.1, 0.15) is 0 Å². The maximum atomic E-state index is 12.0. The molecule has 0 aliphatic carbocycles. The number of nitrogens with one attached hydrogen (secondary N) is 2. The molecule has 1 atom stereocenters. The van der Waals surface area contributed by atoms with Crippen molar-refractivity contribution in [3.8, 4) is 0 Å². The summed E-state index contributed by atoms with van der Waals surface area (Å²) in [6, 6.07) is 6.96. The first-order chi connectivity index (χ1) is 12.0. The zero-order chi connectivity index (χ0) is 18.2. The highest BCUT2D eigenvalue weighted by Crippen LogP contribution is 2.23. The number of anilines is 2. The van der Waals surface area contributed by atoms with E-state index in [-0.39, 0.29) is 13.0 Å². The predicted octanol–water partition coefficient (Wildman–Crippen LogP) is 1.68. The molecule has 2 amide bonds. The highest BCUT2D eigenvalue weighted by atomic mass is 16.5. The van der Waals surface area contributed by atoms with Crippen LogP contribution in [-0.4, -0.2) is 43.5 Å². The van der Waals surface area contributed by atoms with Gasteiger partial charge in [0.05, 0.1) is 13.0 Å². The minimum Gasteiger partial charge on any atom is -0.466 e. The molecule has 0 spiro atoms. The molecule has 0 saturated carbocycles. The van der Waals surface area contributed by atoms with Gasteiger partial charge in [-0.05, 0) is 44.9 Å². The van der Waals surface area contributed by atoms with Gasteiger partial charge in [-0.3, -0.25) is 14.4 Å². The Hall–Kier alpha value is -2.57. The number of nitrogens with zero attached hydrogens (tertiary/aromatic N) is 1. The van der Waals surface area contributed by atoms with Crippen LogP contribution in [0.1, 0.15) is 33.1 Å². The number of benzene rings is 1. The number of carbonyl (C=O) groups excluding carboxylic acids is 3. The molecule has 1 aliphatic heterocycles. The minimum atomic E-state index is -0.775. The molecule has 1 fully saturated rings. The van der Waals surface area contributed by atoms with Crippen LogP contribution in [0.3, 0.4) is 0 Å². The SMILES string of the molecule is CCOC(=O)C[C@H](C)NC(=O)C(=O)Nc1cccc(N2CCCC2)c1. The number of hydrogen-bond donors (Lipinski definition) is 2. The highest BCUT2D eigenvalue weighted by molar-refractivity contribution is 6.39. The summed E-state index contributed by atoms with van der Waals surface area (Å²) < 4.78 is 4.82. The van der Waals surface area contributed by atoms with E-state index in [9.17, 15) is 14.4 Å². The third-order valence-corrected chi connectivity index (χ3v) is 3.94. The molecule has 1 aromatic rings. The van der Waals surface area contributed by atoms with Crippen LogP contribution in [0.2, 0.25) is 0 Å². The lowest BCUT2D eigenvalue weighted by molar-refractivity contribution is -0.144. The Bertz CT molecular complexity index is 627. The van der Waals surface area contributed by atoms with E-state index in [0.29, 0.717) is 5.69 Å². The highest BCUT2D eigenvalue weighted by Gasteiger charge is 2.19. The normalized spacial score (nSPS) is 14.7. The second-order valence-corrected chi connectivity index (χ2v) is 6.08. The van der Waals surface area contributed by atoms with Crippen molar-refractivity contribution in [3.63, 3.8) is 0 Å². The Morgan fingerprint density at radius 2 is 1.92 bits per heavy atom. The van der Waals surface area contributed by atoms with Crippen LogP contribution in [0.15, 0.2) is 24.3 Å². The van der Waals surface area contributed by atoms with Gasteiger partial charge in [-0.25, -0.2) is 0 Å². The first-order valence-electron chi connectivity index (χ1n) is 8.62. The Balaban J connectivity index is 1.87. The maximum absolute atomic E-state index is 12.0. The molecular formula is C18H25N3O4. The van der Waals surface area contributed by atoms with Crippen LogP contribution in [0.5, 0.6) is 0 Å². The molecule has 1 aromatic carbocycles. The fraction of sp³-hybridized carbons (Fsp3) is 0.500. The summed E-state index contributed by atoms with van der Waals surface area (Å²) in [5.74, 6) is -1.94. The van der Waals surface area contributed by atoms with Gasteiger partial charge in [0, 0.05) is 30.5 Å². The zero-order valence-electron chi connectivity index (χ0n) is 14.7. The molecular weight excluding hydrogens is 322 g/mol. The van der Waals surface area contributed by atoms with Crippen molar-refractivity contribution in [1.29, 1.82) is 0 Å². The Morgan fingerprint density at radius 3 is 2.60 bits per heavy atom. The number of hydrogen-bond acceptors (Lipinski definition) is 5. The predicted molar refractivity (Wildman–Crippen MR) is 95.4 cm³/mol. The summed E-state index contributed by atoms with van der Waals surface area (Å²) in [5, 5.41) is 5.09. The molecule has 0 radical (unpaired) electrons. The van der Waals surface area contributed by atoms with E-state index in [1.807, 2.05) is 18.2 Å². The van der Waals surface area contributed by atoms with Gasteiger partial charge in [-0.15, -0.1) is 0 Å². The van der Waals surface area contributed by atoms with E-state index in [4.69, 9.17) is 4.74 Å². The maximum Gasteiger partial charge on any atom is 0.313 e. The van der Waals surface area contributed by atoms with Gasteiger partial charge in [-0.2, -0.15) is 0 Å². The number of amides is 2. The molecule has 0 aromatic heterocycles. The third kappa shape index (κ3) is 5.77. The molecule has 1 saturated heterocycles. The van der Waals surface area contributed by atoms with Crippen LogP contribution in [0.4, 0.5) is 11.4 Å². The van der Waals surface area contributed by atoms with Gasteiger partial charge in [-0.1, -0.05) is 6.07 Å². The molecule has 0 bridgehead atoms. The van der Waals surface area contributed by atoms with Gasteiger partial charge >= 0.3 is 17.8 Å². The molecule has 136 valence electrons. The van der Waals surface area contributed by atoms with Crippen LogP contribution in [-0.2, 0) is 19.1 Å². The van der Waals surface area contributed by atoms with Crippen molar-refractivity contribution in [1.82, 2.24) is 5.32 Å². The first-order valence-corrected chi connectivity index (χ1v) is 8.62. The average Bonchev–Trinajstić information content (AvgIpc) is 3.09. The Kier molecular flexibility index (Phi) is 6.80. The fourth-order valence-electron chi connectivity index (χ4n) is 2.75. The zero-order valence-corrected chi connectivity index (χ0v) is 14.7. The number of carbonyl (C=O) groups is 3. The van der Waals surface area contributed by atoms with Gasteiger partial charge in [0.25, 0.3) is 0 Å². The average molecular weight is 347 g/mol. The van der Waals surface area contributed by atoms with Crippen molar-refractivity contribution in [2.24, 2.45) is 0 Å².